The van der Waals surface area contributed by atoms with Crippen LogP contribution in [0.25, 0.3) is 0 Å². The molecule has 126 valence electrons. The minimum atomic E-state index is -0.189. The Kier molecular flexibility index (Phi) is 4.79. The number of aryl methyl sites for hydroxylation is 1. The standard InChI is InChI=1S/C19H24N4O/c1-13(2)16-12-17(22-19(21-16)23-9-4-5-10-23)18(24)20-15-8-6-7-14(3)11-15/h6-8,11-13H,4-5,9-10H2,1-3H3,(H,20,24). The molecule has 5 heteroatoms. The number of benzene rings is 1. The second kappa shape index (κ2) is 6.99. The van der Waals surface area contributed by atoms with Gasteiger partial charge in [0.2, 0.25) is 5.95 Å². The SMILES string of the molecule is Cc1cccc(NC(=O)c2cc(C(C)C)nc(N3CCCC3)n2)c1. The number of nitrogens with zero attached hydrogens (tertiary/aromatic N) is 3. The molecule has 2 aromatic rings. The molecule has 1 saturated heterocycles. The van der Waals surface area contributed by atoms with Crippen molar-refractivity contribution in [2.45, 2.75) is 39.5 Å². The van der Waals surface area contributed by atoms with Gasteiger partial charge in [-0.2, -0.15) is 0 Å². The summed E-state index contributed by atoms with van der Waals surface area (Å²) in [6, 6.07) is 9.57. The summed E-state index contributed by atoms with van der Waals surface area (Å²) >= 11 is 0. The molecule has 1 amide bonds. The van der Waals surface area contributed by atoms with Gasteiger partial charge in [0.25, 0.3) is 5.91 Å². The fourth-order valence-electron chi connectivity index (χ4n) is 2.84. The number of amides is 1. The maximum atomic E-state index is 12.6. The van der Waals surface area contributed by atoms with Crippen molar-refractivity contribution in [3.8, 4) is 0 Å². The maximum absolute atomic E-state index is 12.6. The van der Waals surface area contributed by atoms with Gasteiger partial charge in [-0.25, -0.2) is 9.97 Å². The average molecular weight is 324 g/mol. The van der Waals surface area contributed by atoms with Gasteiger partial charge in [0.05, 0.1) is 0 Å². The van der Waals surface area contributed by atoms with Crippen LogP contribution in [0.1, 0.15) is 54.4 Å². The summed E-state index contributed by atoms with van der Waals surface area (Å²) in [5.41, 5.74) is 3.22. The van der Waals surface area contributed by atoms with E-state index in [2.05, 4.69) is 34.0 Å². The smallest absolute Gasteiger partial charge is 0.274 e. The molecule has 1 aliphatic rings. The van der Waals surface area contributed by atoms with Crippen LogP contribution in [-0.4, -0.2) is 29.0 Å². The minimum absolute atomic E-state index is 0.189. The average Bonchev–Trinajstić information content (AvgIpc) is 3.09. The Morgan fingerprint density at radius 1 is 1.17 bits per heavy atom. The summed E-state index contributed by atoms with van der Waals surface area (Å²) in [7, 11) is 0. The van der Waals surface area contributed by atoms with Crippen molar-refractivity contribution in [1.82, 2.24) is 9.97 Å². The summed E-state index contributed by atoms with van der Waals surface area (Å²) in [6.45, 7) is 8.08. The number of rotatable bonds is 4. The summed E-state index contributed by atoms with van der Waals surface area (Å²) in [4.78, 5) is 24.0. The van der Waals surface area contributed by atoms with E-state index in [-0.39, 0.29) is 11.8 Å². The van der Waals surface area contributed by atoms with Gasteiger partial charge in [-0.15, -0.1) is 0 Å². The fraction of sp³-hybridized carbons (Fsp3) is 0.421. The lowest BCUT2D eigenvalue weighted by Gasteiger charge is -2.18. The van der Waals surface area contributed by atoms with Crippen LogP contribution in [0.4, 0.5) is 11.6 Å². The van der Waals surface area contributed by atoms with Crippen molar-refractivity contribution in [3.63, 3.8) is 0 Å². The van der Waals surface area contributed by atoms with Crippen LogP contribution in [0.3, 0.4) is 0 Å². The largest absolute Gasteiger partial charge is 0.341 e. The van der Waals surface area contributed by atoms with Crippen LogP contribution < -0.4 is 10.2 Å². The normalized spacial score (nSPS) is 14.2. The van der Waals surface area contributed by atoms with E-state index in [0.717, 1.165) is 42.9 Å². The lowest BCUT2D eigenvalue weighted by Crippen LogP contribution is -2.23. The van der Waals surface area contributed by atoms with E-state index in [9.17, 15) is 4.79 Å². The van der Waals surface area contributed by atoms with Crippen LogP contribution in [0, 0.1) is 6.92 Å². The molecule has 1 N–H and O–H groups in total. The predicted octanol–water partition coefficient (Wildman–Crippen LogP) is 3.76. The molecule has 1 fully saturated rings. The van der Waals surface area contributed by atoms with E-state index < -0.39 is 0 Å². The van der Waals surface area contributed by atoms with Crippen molar-refractivity contribution in [3.05, 3.63) is 47.3 Å². The molecule has 1 aromatic heterocycles. The molecule has 0 spiro atoms. The molecule has 0 bridgehead atoms. The number of carbonyl (C=O) groups is 1. The summed E-state index contributed by atoms with van der Waals surface area (Å²) in [5.74, 6) is 0.735. The number of hydrogen-bond donors (Lipinski definition) is 1. The van der Waals surface area contributed by atoms with E-state index in [1.165, 1.54) is 0 Å². The topological polar surface area (TPSA) is 58.1 Å². The first-order valence-electron chi connectivity index (χ1n) is 8.55. The number of carbonyl (C=O) groups excluding carboxylic acids is 1. The van der Waals surface area contributed by atoms with Crippen LogP contribution in [0.5, 0.6) is 0 Å². The van der Waals surface area contributed by atoms with Crippen molar-refractivity contribution < 1.29 is 4.79 Å². The quantitative estimate of drug-likeness (QED) is 0.930. The maximum Gasteiger partial charge on any atom is 0.274 e. The Hall–Kier alpha value is -2.43. The Bertz CT molecular complexity index is 736. The van der Waals surface area contributed by atoms with Gasteiger partial charge in [-0.1, -0.05) is 26.0 Å². The highest BCUT2D eigenvalue weighted by molar-refractivity contribution is 6.03. The molecule has 1 aliphatic heterocycles. The second-order valence-corrected chi connectivity index (χ2v) is 6.65. The van der Waals surface area contributed by atoms with Crippen molar-refractivity contribution in [2.24, 2.45) is 0 Å². The Balaban J connectivity index is 1.89. The zero-order chi connectivity index (χ0) is 17.1. The first-order valence-corrected chi connectivity index (χ1v) is 8.55. The van der Waals surface area contributed by atoms with E-state index in [4.69, 9.17) is 0 Å². The Labute approximate surface area is 143 Å². The first-order chi connectivity index (χ1) is 11.5. The summed E-state index contributed by atoms with van der Waals surface area (Å²) < 4.78 is 0. The Morgan fingerprint density at radius 3 is 2.58 bits per heavy atom. The highest BCUT2D eigenvalue weighted by Crippen LogP contribution is 2.21. The highest BCUT2D eigenvalue weighted by atomic mass is 16.1. The molecule has 2 heterocycles. The van der Waals surface area contributed by atoms with E-state index in [1.54, 1.807) is 6.07 Å². The third-order valence-electron chi connectivity index (χ3n) is 4.22. The molecule has 5 nitrogen and oxygen atoms in total. The molecule has 0 unspecified atom stereocenters. The fourth-order valence-corrected chi connectivity index (χ4v) is 2.84. The molecular formula is C19H24N4O. The zero-order valence-electron chi connectivity index (χ0n) is 14.5. The van der Waals surface area contributed by atoms with Crippen LogP contribution in [0.15, 0.2) is 30.3 Å². The van der Waals surface area contributed by atoms with Crippen LogP contribution >= 0.6 is 0 Å². The van der Waals surface area contributed by atoms with E-state index in [0.29, 0.717) is 11.6 Å². The third-order valence-corrected chi connectivity index (χ3v) is 4.22. The summed E-state index contributed by atoms with van der Waals surface area (Å²) in [5, 5.41) is 2.94. The molecule has 1 aromatic carbocycles. The second-order valence-electron chi connectivity index (χ2n) is 6.65. The van der Waals surface area contributed by atoms with Gasteiger partial charge >= 0.3 is 0 Å². The monoisotopic (exact) mass is 324 g/mol. The van der Waals surface area contributed by atoms with Gasteiger partial charge in [-0.3, -0.25) is 4.79 Å². The highest BCUT2D eigenvalue weighted by Gasteiger charge is 2.20. The van der Waals surface area contributed by atoms with Gasteiger partial charge in [-0.05, 0) is 49.4 Å². The van der Waals surface area contributed by atoms with Gasteiger partial charge in [0.15, 0.2) is 0 Å². The lowest BCUT2D eigenvalue weighted by atomic mass is 10.1. The number of aromatic nitrogens is 2. The molecule has 0 radical (unpaired) electrons. The number of hydrogen-bond acceptors (Lipinski definition) is 4. The van der Waals surface area contributed by atoms with Crippen molar-refractivity contribution in [2.75, 3.05) is 23.3 Å². The molecule has 0 saturated carbocycles. The Morgan fingerprint density at radius 2 is 1.92 bits per heavy atom. The molecule has 24 heavy (non-hydrogen) atoms. The van der Waals surface area contributed by atoms with E-state index >= 15 is 0 Å². The van der Waals surface area contributed by atoms with Crippen LogP contribution in [0.2, 0.25) is 0 Å². The minimum Gasteiger partial charge on any atom is -0.341 e. The van der Waals surface area contributed by atoms with Gasteiger partial charge in [0, 0.05) is 24.5 Å². The van der Waals surface area contributed by atoms with Gasteiger partial charge < -0.3 is 10.2 Å². The first kappa shape index (κ1) is 16.4. The van der Waals surface area contributed by atoms with Crippen molar-refractivity contribution >= 4 is 17.5 Å². The molecule has 0 aliphatic carbocycles. The number of nitrogens with one attached hydrogen (secondary N) is 1. The number of anilines is 2. The summed E-state index contributed by atoms with van der Waals surface area (Å²) in [6.07, 6.45) is 2.31. The molecular weight excluding hydrogens is 300 g/mol. The lowest BCUT2D eigenvalue weighted by molar-refractivity contribution is 0.102. The van der Waals surface area contributed by atoms with Crippen LogP contribution in [-0.2, 0) is 0 Å². The zero-order valence-corrected chi connectivity index (χ0v) is 14.5. The van der Waals surface area contributed by atoms with Crippen molar-refractivity contribution in [1.29, 1.82) is 0 Å². The third kappa shape index (κ3) is 3.72. The predicted molar refractivity (Wildman–Crippen MR) is 96.7 cm³/mol. The molecule has 3 rings (SSSR count). The molecule has 0 atom stereocenters. The van der Waals surface area contributed by atoms with Gasteiger partial charge in [0.1, 0.15) is 5.69 Å². The van der Waals surface area contributed by atoms with E-state index in [1.807, 2.05) is 31.2 Å².